The van der Waals surface area contributed by atoms with E-state index in [0.717, 1.165) is 56.1 Å². The fourth-order valence-electron chi connectivity index (χ4n) is 3.37. The Labute approximate surface area is 162 Å². The van der Waals surface area contributed by atoms with E-state index in [4.69, 9.17) is 14.2 Å². The highest BCUT2D eigenvalue weighted by Gasteiger charge is 2.26. The SMILES string of the molecule is CC(C)C(C)NC(=O)C1CCN(CCCOc2ccc3c(c2)OCO3)CC1. The number of fused-ring (bicyclic) bond motifs is 1. The lowest BCUT2D eigenvalue weighted by molar-refractivity contribution is -0.127. The minimum Gasteiger partial charge on any atom is -0.493 e. The number of ether oxygens (including phenoxy) is 3. The number of hydrogen-bond donors (Lipinski definition) is 1. The minimum atomic E-state index is 0.160. The molecule has 27 heavy (non-hydrogen) atoms. The molecule has 0 spiro atoms. The molecule has 2 aliphatic heterocycles. The van der Waals surface area contributed by atoms with Gasteiger partial charge in [-0.2, -0.15) is 0 Å². The van der Waals surface area contributed by atoms with Gasteiger partial charge in [0.1, 0.15) is 5.75 Å². The molecule has 3 rings (SSSR count). The van der Waals surface area contributed by atoms with Gasteiger partial charge in [-0.15, -0.1) is 0 Å². The highest BCUT2D eigenvalue weighted by atomic mass is 16.7. The number of benzene rings is 1. The predicted octanol–water partition coefficient (Wildman–Crippen LogP) is 3.06. The normalized spacial score (nSPS) is 18.5. The fraction of sp³-hybridized carbons (Fsp3) is 0.667. The largest absolute Gasteiger partial charge is 0.493 e. The van der Waals surface area contributed by atoms with Crippen LogP contribution in [0, 0.1) is 11.8 Å². The van der Waals surface area contributed by atoms with Gasteiger partial charge in [0, 0.05) is 24.6 Å². The second kappa shape index (κ2) is 9.31. The Kier molecular flexibility index (Phi) is 6.83. The lowest BCUT2D eigenvalue weighted by atomic mass is 9.94. The Morgan fingerprint density at radius 1 is 1.22 bits per heavy atom. The van der Waals surface area contributed by atoms with E-state index in [0.29, 0.717) is 12.5 Å². The van der Waals surface area contributed by atoms with E-state index in [9.17, 15) is 4.79 Å². The van der Waals surface area contributed by atoms with Crippen LogP contribution in [0.3, 0.4) is 0 Å². The molecule has 6 heteroatoms. The Balaban J connectivity index is 1.31. The summed E-state index contributed by atoms with van der Waals surface area (Å²) in [6, 6.07) is 5.91. The van der Waals surface area contributed by atoms with Crippen LogP contribution in [0.4, 0.5) is 0 Å². The van der Waals surface area contributed by atoms with Gasteiger partial charge < -0.3 is 24.4 Å². The number of nitrogens with zero attached hydrogens (tertiary/aromatic N) is 1. The molecule has 1 aromatic rings. The van der Waals surface area contributed by atoms with Gasteiger partial charge in [-0.3, -0.25) is 4.79 Å². The van der Waals surface area contributed by atoms with E-state index in [1.807, 2.05) is 18.2 Å². The zero-order valence-electron chi connectivity index (χ0n) is 16.7. The number of carbonyl (C=O) groups is 1. The summed E-state index contributed by atoms with van der Waals surface area (Å²) in [5.41, 5.74) is 0. The first-order valence-corrected chi connectivity index (χ1v) is 10.1. The van der Waals surface area contributed by atoms with Crippen molar-refractivity contribution in [2.24, 2.45) is 11.8 Å². The van der Waals surface area contributed by atoms with E-state index in [-0.39, 0.29) is 24.7 Å². The maximum atomic E-state index is 12.3. The highest BCUT2D eigenvalue weighted by Crippen LogP contribution is 2.35. The fourth-order valence-corrected chi connectivity index (χ4v) is 3.37. The number of piperidine rings is 1. The number of likely N-dealkylation sites (tertiary alicyclic amines) is 1. The van der Waals surface area contributed by atoms with Gasteiger partial charge >= 0.3 is 0 Å². The third kappa shape index (κ3) is 5.51. The molecule has 1 aromatic carbocycles. The molecule has 0 radical (unpaired) electrons. The molecule has 1 saturated heterocycles. The molecule has 1 N–H and O–H groups in total. The van der Waals surface area contributed by atoms with Gasteiger partial charge in [-0.05, 0) is 57.3 Å². The van der Waals surface area contributed by atoms with Crippen LogP contribution in [-0.4, -0.2) is 49.9 Å². The molecule has 6 nitrogen and oxygen atoms in total. The van der Waals surface area contributed by atoms with Gasteiger partial charge in [0.2, 0.25) is 12.7 Å². The van der Waals surface area contributed by atoms with Gasteiger partial charge in [0.05, 0.1) is 6.61 Å². The van der Waals surface area contributed by atoms with Crippen LogP contribution in [0.25, 0.3) is 0 Å². The zero-order chi connectivity index (χ0) is 19.2. The smallest absolute Gasteiger partial charge is 0.231 e. The van der Waals surface area contributed by atoms with Crippen molar-refractivity contribution in [3.8, 4) is 17.2 Å². The van der Waals surface area contributed by atoms with Crippen molar-refractivity contribution in [1.29, 1.82) is 0 Å². The predicted molar refractivity (Wildman–Crippen MR) is 104 cm³/mol. The van der Waals surface area contributed by atoms with Crippen LogP contribution >= 0.6 is 0 Å². The summed E-state index contributed by atoms with van der Waals surface area (Å²) in [5.74, 6) is 3.19. The third-order valence-electron chi connectivity index (χ3n) is 5.56. The summed E-state index contributed by atoms with van der Waals surface area (Å²) in [6.45, 7) is 10.3. The molecule has 0 aromatic heterocycles. The standard InChI is InChI=1S/C21H32N2O4/c1-15(2)16(3)22-21(24)17-7-10-23(11-8-17)9-4-12-25-18-5-6-19-20(13-18)27-14-26-19/h5-6,13,15-17H,4,7-12,14H2,1-3H3,(H,22,24). The molecule has 1 fully saturated rings. The molecular formula is C21H32N2O4. The van der Waals surface area contributed by atoms with Crippen LogP contribution in [0.15, 0.2) is 18.2 Å². The van der Waals surface area contributed by atoms with Crippen molar-refractivity contribution in [3.05, 3.63) is 18.2 Å². The first-order chi connectivity index (χ1) is 13.0. The van der Waals surface area contributed by atoms with Crippen molar-refractivity contribution in [3.63, 3.8) is 0 Å². The Bertz CT molecular complexity index is 627. The second-order valence-corrected chi connectivity index (χ2v) is 7.87. The summed E-state index contributed by atoms with van der Waals surface area (Å²) in [6.07, 6.45) is 2.86. The second-order valence-electron chi connectivity index (χ2n) is 7.87. The Morgan fingerprint density at radius 2 is 1.96 bits per heavy atom. The van der Waals surface area contributed by atoms with Gasteiger partial charge in [0.25, 0.3) is 0 Å². The van der Waals surface area contributed by atoms with Crippen molar-refractivity contribution in [2.45, 2.75) is 46.1 Å². The number of amides is 1. The van der Waals surface area contributed by atoms with Gasteiger partial charge in [0.15, 0.2) is 11.5 Å². The lowest BCUT2D eigenvalue weighted by Crippen LogP contribution is -2.44. The first-order valence-electron chi connectivity index (χ1n) is 10.1. The monoisotopic (exact) mass is 376 g/mol. The molecule has 2 heterocycles. The molecule has 1 atom stereocenters. The molecular weight excluding hydrogens is 344 g/mol. The number of nitrogens with one attached hydrogen (secondary N) is 1. The summed E-state index contributed by atoms with van der Waals surface area (Å²) in [7, 11) is 0. The van der Waals surface area contributed by atoms with E-state index in [1.54, 1.807) is 0 Å². The van der Waals surface area contributed by atoms with E-state index in [2.05, 4.69) is 31.0 Å². The number of carbonyl (C=O) groups excluding carboxylic acids is 1. The molecule has 150 valence electrons. The molecule has 1 unspecified atom stereocenters. The quantitative estimate of drug-likeness (QED) is 0.707. The minimum absolute atomic E-state index is 0.160. The van der Waals surface area contributed by atoms with Crippen molar-refractivity contribution in [1.82, 2.24) is 10.2 Å². The van der Waals surface area contributed by atoms with Crippen molar-refractivity contribution < 1.29 is 19.0 Å². The number of rotatable bonds is 8. The summed E-state index contributed by atoms with van der Waals surface area (Å²) in [5, 5.41) is 3.16. The first kappa shape index (κ1) is 19.8. The van der Waals surface area contributed by atoms with Crippen LogP contribution in [0.5, 0.6) is 17.2 Å². The molecule has 0 bridgehead atoms. The molecule has 2 aliphatic rings. The van der Waals surface area contributed by atoms with Crippen LogP contribution in [0.1, 0.15) is 40.0 Å². The third-order valence-corrected chi connectivity index (χ3v) is 5.56. The molecule has 1 amide bonds. The van der Waals surface area contributed by atoms with Gasteiger partial charge in [-0.1, -0.05) is 13.8 Å². The number of hydrogen-bond acceptors (Lipinski definition) is 5. The summed E-state index contributed by atoms with van der Waals surface area (Å²) < 4.78 is 16.5. The van der Waals surface area contributed by atoms with Crippen molar-refractivity contribution >= 4 is 5.91 Å². The topological polar surface area (TPSA) is 60.0 Å². The van der Waals surface area contributed by atoms with E-state index < -0.39 is 0 Å². The van der Waals surface area contributed by atoms with E-state index in [1.165, 1.54) is 0 Å². The Morgan fingerprint density at radius 3 is 2.70 bits per heavy atom. The van der Waals surface area contributed by atoms with Crippen molar-refractivity contribution in [2.75, 3.05) is 33.0 Å². The summed E-state index contributed by atoms with van der Waals surface area (Å²) in [4.78, 5) is 14.8. The molecule has 0 aliphatic carbocycles. The maximum Gasteiger partial charge on any atom is 0.231 e. The average Bonchev–Trinajstić information content (AvgIpc) is 3.13. The van der Waals surface area contributed by atoms with Crippen LogP contribution < -0.4 is 19.5 Å². The zero-order valence-corrected chi connectivity index (χ0v) is 16.7. The Hall–Kier alpha value is -1.95. The molecule has 0 saturated carbocycles. The van der Waals surface area contributed by atoms with Crippen LogP contribution in [-0.2, 0) is 4.79 Å². The average molecular weight is 376 g/mol. The van der Waals surface area contributed by atoms with Gasteiger partial charge in [-0.25, -0.2) is 0 Å². The summed E-state index contributed by atoms with van der Waals surface area (Å²) >= 11 is 0. The lowest BCUT2D eigenvalue weighted by Gasteiger charge is -2.32. The van der Waals surface area contributed by atoms with Crippen LogP contribution in [0.2, 0.25) is 0 Å². The van der Waals surface area contributed by atoms with E-state index >= 15 is 0 Å². The maximum absolute atomic E-state index is 12.3. The highest BCUT2D eigenvalue weighted by molar-refractivity contribution is 5.79.